The highest BCUT2D eigenvalue weighted by Gasteiger charge is 1.88. The first kappa shape index (κ1) is 9.02. The molecule has 0 aliphatic rings. The highest BCUT2D eigenvalue weighted by atomic mass is 14.9. The van der Waals surface area contributed by atoms with E-state index in [-0.39, 0.29) is 0 Å². The van der Waals surface area contributed by atoms with Crippen LogP contribution in [-0.4, -0.2) is 0 Å². The molecule has 0 aromatic rings. The molecular formula is C9H15N. The summed E-state index contributed by atoms with van der Waals surface area (Å²) in [5.41, 5.74) is 2.12. The van der Waals surface area contributed by atoms with Crippen LogP contribution in [0.4, 0.5) is 0 Å². The molecule has 0 heterocycles. The molecule has 0 aliphatic heterocycles. The Morgan fingerprint density at radius 2 is 2.20 bits per heavy atom. The first-order chi connectivity index (χ1) is 4.70. The highest BCUT2D eigenvalue weighted by Crippen LogP contribution is 1.97. The van der Waals surface area contributed by atoms with Gasteiger partial charge in [-0.05, 0) is 19.4 Å². The van der Waals surface area contributed by atoms with Gasteiger partial charge in [0, 0.05) is 11.4 Å². The summed E-state index contributed by atoms with van der Waals surface area (Å²) in [7, 11) is 0. The fourth-order valence-electron chi connectivity index (χ4n) is 0.664. The maximum atomic E-state index is 3.74. The summed E-state index contributed by atoms with van der Waals surface area (Å²) >= 11 is 0. The van der Waals surface area contributed by atoms with Crippen molar-refractivity contribution in [2.24, 2.45) is 0 Å². The molecular weight excluding hydrogens is 122 g/mol. The second-order valence-electron chi connectivity index (χ2n) is 2.19. The quantitative estimate of drug-likeness (QED) is 0.587. The minimum Gasteiger partial charge on any atom is -0.363 e. The Labute approximate surface area is 63.1 Å². The number of hydrogen-bond donors (Lipinski definition) is 1. The Morgan fingerprint density at radius 1 is 1.60 bits per heavy atom. The smallest absolute Gasteiger partial charge is 0.0145 e. The molecule has 0 amide bonds. The van der Waals surface area contributed by atoms with Gasteiger partial charge in [-0.3, -0.25) is 0 Å². The molecule has 0 spiro atoms. The summed E-state index contributed by atoms with van der Waals surface area (Å²) < 4.78 is 0. The van der Waals surface area contributed by atoms with Crippen LogP contribution in [0, 0.1) is 0 Å². The van der Waals surface area contributed by atoms with Crippen molar-refractivity contribution in [1.29, 1.82) is 0 Å². The minimum atomic E-state index is 0.968. The summed E-state index contributed by atoms with van der Waals surface area (Å²) in [5, 5.41) is 3.13. The van der Waals surface area contributed by atoms with Crippen LogP contribution < -0.4 is 5.32 Å². The number of allylic oxidation sites excluding steroid dienone is 4. The van der Waals surface area contributed by atoms with E-state index in [1.54, 1.807) is 6.08 Å². The molecule has 0 saturated heterocycles. The van der Waals surface area contributed by atoms with Gasteiger partial charge in [0.25, 0.3) is 0 Å². The van der Waals surface area contributed by atoms with Gasteiger partial charge < -0.3 is 5.32 Å². The first-order valence-electron chi connectivity index (χ1n) is 3.44. The Balaban J connectivity index is 3.95. The van der Waals surface area contributed by atoms with Crippen LogP contribution in [0.3, 0.4) is 0 Å². The second-order valence-corrected chi connectivity index (χ2v) is 2.19. The van der Waals surface area contributed by atoms with Crippen LogP contribution in [0.5, 0.6) is 0 Å². The summed E-state index contributed by atoms with van der Waals surface area (Å²) in [6, 6.07) is 0. The minimum absolute atomic E-state index is 0.968. The van der Waals surface area contributed by atoms with Crippen molar-refractivity contribution in [1.82, 2.24) is 5.32 Å². The molecule has 0 aromatic carbocycles. The molecule has 0 aliphatic carbocycles. The van der Waals surface area contributed by atoms with Crippen molar-refractivity contribution >= 4 is 0 Å². The van der Waals surface area contributed by atoms with Crippen molar-refractivity contribution in [3.8, 4) is 0 Å². The average Bonchev–Trinajstić information content (AvgIpc) is 1.86. The van der Waals surface area contributed by atoms with Gasteiger partial charge in [0.15, 0.2) is 0 Å². The average molecular weight is 137 g/mol. The third-order valence-electron chi connectivity index (χ3n) is 1.07. The van der Waals surface area contributed by atoms with E-state index < -0.39 is 0 Å². The molecule has 0 fully saturated rings. The van der Waals surface area contributed by atoms with Crippen LogP contribution in [0.25, 0.3) is 0 Å². The fourth-order valence-corrected chi connectivity index (χ4v) is 0.664. The van der Waals surface area contributed by atoms with E-state index in [0.29, 0.717) is 0 Å². The molecule has 1 heteroatoms. The molecule has 0 radical (unpaired) electrons. The van der Waals surface area contributed by atoms with Crippen molar-refractivity contribution in [3.05, 3.63) is 36.7 Å². The van der Waals surface area contributed by atoms with Crippen LogP contribution in [0.1, 0.15) is 20.3 Å². The van der Waals surface area contributed by atoms with E-state index in [1.807, 2.05) is 13.0 Å². The predicted molar refractivity (Wildman–Crippen MR) is 46.5 cm³/mol. The Bertz CT molecular complexity index is 154. The van der Waals surface area contributed by atoms with Crippen LogP contribution in [0.2, 0.25) is 0 Å². The third-order valence-corrected chi connectivity index (χ3v) is 1.07. The molecule has 10 heavy (non-hydrogen) atoms. The van der Waals surface area contributed by atoms with Crippen LogP contribution in [-0.2, 0) is 0 Å². The summed E-state index contributed by atoms with van der Waals surface area (Å²) in [5.74, 6) is 0. The first-order valence-corrected chi connectivity index (χ1v) is 3.44. The van der Waals surface area contributed by atoms with Crippen LogP contribution >= 0.6 is 0 Å². The van der Waals surface area contributed by atoms with E-state index in [0.717, 1.165) is 17.8 Å². The van der Waals surface area contributed by atoms with Gasteiger partial charge in [-0.2, -0.15) is 0 Å². The SMILES string of the molecule is C=C/C=C(\CC)NC(=C)C. The maximum absolute atomic E-state index is 3.74. The zero-order chi connectivity index (χ0) is 7.98. The van der Waals surface area contributed by atoms with Crippen molar-refractivity contribution in [3.63, 3.8) is 0 Å². The Kier molecular flexibility index (Phi) is 4.38. The van der Waals surface area contributed by atoms with E-state index in [2.05, 4.69) is 25.4 Å². The van der Waals surface area contributed by atoms with Gasteiger partial charge in [-0.1, -0.05) is 26.2 Å². The Hall–Kier alpha value is -0.980. The molecule has 0 rings (SSSR count). The van der Waals surface area contributed by atoms with E-state index in [1.165, 1.54) is 0 Å². The fraction of sp³-hybridized carbons (Fsp3) is 0.333. The normalized spacial score (nSPS) is 10.8. The van der Waals surface area contributed by atoms with E-state index >= 15 is 0 Å². The maximum Gasteiger partial charge on any atom is 0.0145 e. The lowest BCUT2D eigenvalue weighted by Crippen LogP contribution is -2.08. The highest BCUT2D eigenvalue weighted by molar-refractivity contribution is 5.12. The lowest BCUT2D eigenvalue weighted by molar-refractivity contribution is 0.895. The Morgan fingerprint density at radius 3 is 2.50 bits per heavy atom. The topological polar surface area (TPSA) is 12.0 Å². The summed E-state index contributed by atoms with van der Waals surface area (Å²) in [6.07, 6.45) is 4.71. The molecule has 0 aromatic heterocycles. The standard InChI is InChI=1S/C9H15N/c1-5-7-9(6-2)10-8(3)4/h5,7,10H,1,3,6H2,2,4H3/b9-7+. The van der Waals surface area contributed by atoms with Gasteiger partial charge in [-0.25, -0.2) is 0 Å². The zero-order valence-corrected chi connectivity index (χ0v) is 6.78. The molecule has 0 unspecified atom stereocenters. The number of nitrogens with one attached hydrogen (secondary N) is 1. The summed E-state index contributed by atoms with van der Waals surface area (Å²) in [4.78, 5) is 0. The van der Waals surface area contributed by atoms with Gasteiger partial charge in [0.1, 0.15) is 0 Å². The van der Waals surface area contributed by atoms with Gasteiger partial charge in [0.2, 0.25) is 0 Å². The van der Waals surface area contributed by atoms with Crippen LogP contribution in [0.15, 0.2) is 36.7 Å². The van der Waals surface area contributed by atoms with Gasteiger partial charge in [-0.15, -0.1) is 0 Å². The summed E-state index contributed by atoms with van der Waals surface area (Å²) in [6.45, 7) is 11.4. The number of hydrogen-bond acceptors (Lipinski definition) is 1. The van der Waals surface area contributed by atoms with Crippen molar-refractivity contribution < 1.29 is 0 Å². The largest absolute Gasteiger partial charge is 0.363 e. The molecule has 56 valence electrons. The predicted octanol–water partition coefficient (Wildman–Crippen LogP) is 2.59. The van der Waals surface area contributed by atoms with E-state index in [9.17, 15) is 0 Å². The molecule has 1 nitrogen and oxygen atoms in total. The zero-order valence-electron chi connectivity index (χ0n) is 6.78. The second kappa shape index (κ2) is 4.86. The van der Waals surface area contributed by atoms with Gasteiger partial charge >= 0.3 is 0 Å². The number of rotatable bonds is 4. The van der Waals surface area contributed by atoms with Crippen molar-refractivity contribution in [2.45, 2.75) is 20.3 Å². The van der Waals surface area contributed by atoms with E-state index in [4.69, 9.17) is 0 Å². The molecule has 1 N–H and O–H groups in total. The van der Waals surface area contributed by atoms with Gasteiger partial charge in [0.05, 0.1) is 0 Å². The molecule has 0 saturated carbocycles. The lowest BCUT2D eigenvalue weighted by Gasteiger charge is -2.05. The lowest BCUT2D eigenvalue weighted by atomic mass is 10.3. The molecule has 0 atom stereocenters. The van der Waals surface area contributed by atoms with Crippen molar-refractivity contribution in [2.75, 3.05) is 0 Å². The molecule has 0 bridgehead atoms. The monoisotopic (exact) mass is 137 g/mol. The third kappa shape index (κ3) is 3.96.